The van der Waals surface area contributed by atoms with Crippen LogP contribution in [-0.4, -0.2) is 42.0 Å². The predicted octanol–water partition coefficient (Wildman–Crippen LogP) is 3.83. The summed E-state index contributed by atoms with van der Waals surface area (Å²) in [7, 11) is -4.04. The number of urea groups is 1. The first-order chi connectivity index (χ1) is 17.9. The molecule has 0 bridgehead atoms. The number of H-pyrrole nitrogens is 1. The molecule has 0 unspecified atom stereocenters. The van der Waals surface area contributed by atoms with Crippen molar-refractivity contribution < 1.29 is 23.2 Å². The Bertz CT molecular complexity index is 1510. The zero-order valence-electron chi connectivity index (χ0n) is 19.8. The van der Waals surface area contributed by atoms with Gasteiger partial charge < -0.3 is 9.88 Å². The van der Waals surface area contributed by atoms with E-state index in [2.05, 4.69) is 9.71 Å². The van der Waals surface area contributed by atoms with Crippen LogP contribution in [0.15, 0.2) is 96.0 Å². The minimum absolute atomic E-state index is 0.00276. The van der Waals surface area contributed by atoms with E-state index < -0.39 is 22.0 Å². The number of carbonyl (C=O) groups excluding carboxylic acids is 2. The average Bonchev–Trinajstić information content (AvgIpc) is 3.33. The standard InChI is InChI=1S/C27H26N4O5S/c32-26(29-34)15-14-20-10-12-21(13-11-20)19-31(17-16-22-18-28-25-9-5-4-8-24(22)25)27(33)30-37(35,36)23-6-2-1-3-7-23/h1-15,18,28,34H,16-17,19H2,(H,29,32)(H,30,33). The minimum atomic E-state index is -4.04. The van der Waals surface area contributed by atoms with Gasteiger partial charge in [0.05, 0.1) is 4.90 Å². The third kappa shape index (κ3) is 6.63. The van der Waals surface area contributed by atoms with Gasteiger partial charge in [0.25, 0.3) is 15.9 Å². The number of rotatable bonds is 9. The van der Waals surface area contributed by atoms with Crippen LogP contribution in [0, 0.1) is 0 Å². The van der Waals surface area contributed by atoms with Crippen LogP contribution in [0.2, 0.25) is 0 Å². The van der Waals surface area contributed by atoms with Crippen molar-refractivity contribution in [2.24, 2.45) is 0 Å². The Morgan fingerprint density at radius 2 is 1.65 bits per heavy atom. The fourth-order valence-corrected chi connectivity index (χ4v) is 4.84. The number of aromatic amines is 1. The van der Waals surface area contributed by atoms with Crippen molar-refractivity contribution in [1.29, 1.82) is 0 Å². The maximum atomic E-state index is 13.2. The highest BCUT2D eigenvalue weighted by Gasteiger charge is 2.22. The second-order valence-corrected chi connectivity index (χ2v) is 9.99. The van der Waals surface area contributed by atoms with E-state index in [0.717, 1.165) is 22.0 Å². The third-order valence-corrected chi connectivity index (χ3v) is 7.11. The number of benzene rings is 3. The van der Waals surface area contributed by atoms with Crippen LogP contribution in [0.5, 0.6) is 0 Å². The lowest BCUT2D eigenvalue weighted by Crippen LogP contribution is -2.43. The summed E-state index contributed by atoms with van der Waals surface area (Å²) in [5.74, 6) is -0.649. The van der Waals surface area contributed by atoms with Crippen molar-refractivity contribution >= 4 is 38.9 Å². The number of hydrogen-bond donors (Lipinski definition) is 4. The fraction of sp³-hybridized carbons (Fsp3) is 0.111. The van der Waals surface area contributed by atoms with Crippen LogP contribution in [0.3, 0.4) is 0 Å². The lowest BCUT2D eigenvalue weighted by atomic mass is 10.1. The summed E-state index contributed by atoms with van der Waals surface area (Å²) in [5, 5.41) is 9.64. The Labute approximate surface area is 214 Å². The monoisotopic (exact) mass is 518 g/mol. The lowest BCUT2D eigenvalue weighted by molar-refractivity contribution is -0.124. The highest BCUT2D eigenvalue weighted by molar-refractivity contribution is 7.90. The fourth-order valence-electron chi connectivity index (χ4n) is 3.85. The Morgan fingerprint density at radius 3 is 2.38 bits per heavy atom. The molecule has 9 nitrogen and oxygen atoms in total. The van der Waals surface area contributed by atoms with E-state index in [1.165, 1.54) is 34.7 Å². The second kappa shape index (κ2) is 11.5. The van der Waals surface area contributed by atoms with E-state index in [1.54, 1.807) is 42.5 Å². The molecule has 0 radical (unpaired) electrons. The van der Waals surface area contributed by atoms with Gasteiger partial charge in [-0.2, -0.15) is 0 Å². The number of nitrogens with zero attached hydrogens (tertiary/aromatic N) is 1. The van der Waals surface area contributed by atoms with Crippen molar-refractivity contribution in [2.45, 2.75) is 17.9 Å². The number of fused-ring (bicyclic) bond motifs is 1. The van der Waals surface area contributed by atoms with Crippen LogP contribution < -0.4 is 10.2 Å². The van der Waals surface area contributed by atoms with Gasteiger partial charge in [0.2, 0.25) is 0 Å². The number of amides is 3. The van der Waals surface area contributed by atoms with Gasteiger partial charge >= 0.3 is 6.03 Å². The van der Waals surface area contributed by atoms with Gasteiger partial charge in [-0.3, -0.25) is 10.0 Å². The molecule has 3 aromatic carbocycles. The van der Waals surface area contributed by atoms with Crippen molar-refractivity contribution in [3.05, 3.63) is 108 Å². The molecule has 4 N–H and O–H groups in total. The molecular weight excluding hydrogens is 492 g/mol. The van der Waals surface area contributed by atoms with Crippen LogP contribution in [0.4, 0.5) is 4.79 Å². The number of nitrogens with one attached hydrogen (secondary N) is 3. The number of aromatic nitrogens is 1. The molecule has 37 heavy (non-hydrogen) atoms. The first kappa shape index (κ1) is 25.7. The number of carbonyl (C=O) groups is 2. The molecule has 0 saturated carbocycles. The molecule has 4 aromatic rings. The number of hydroxylamine groups is 1. The lowest BCUT2D eigenvalue weighted by Gasteiger charge is -2.23. The van der Waals surface area contributed by atoms with E-state index in [-0.39, 0.29) is 18.0 Å². The van der Waals surface area contributed by atoms with Crippen LogP contribution in [-0.2, 0) is 27.8 Å². The molecular formula is C27H26N4O5S. The molecule has 0 aliphatic heterocycles. The van der Waals surface area contributed by atoms with Crippen molar-refractivity contribution in [3.8, 4) is 0 Å². The van der Waals surface area contributed by atoms with E-state index in [1.807, 2.05) is 30.5 Å². The molecule has 190 valence electrons. The molecule has 1 aromatic heterocycles. The summed E-state index contributed by atoms with van der Waals surface area (Å²) >= 11 is 0. The summed E-state index contributed by atoms with van der Waals surface area (Å²) < 4.78 is 27.7. The number of hydrogen-bond acceptors (Lipinski definition) is 5. The van der Waals surface area contributed by atoms with Gasteiger partial charge in [-0.15, -0.1) is 0 Å². The van der Waals surface area contributed by atoms with Crippen LogP contribution in [0.25, 0.3) is 17.0 Å². The largest absolute Gasteiger partial charge is 0.361 e. The van der Waals surface area contributed by atoms with Crippen molar-refractivity contribution in [1.82, 2.24) is 20.1 Å². The maximum Gasteiger partial charge on any atom is 0.331 e. The van der Waals surface area contributed by atoms with E-state index in [4.69, 9.17) is 5.21 Å². The average molecular weight is 519 g/mol. The zero-order valence-corrected chi connectivity index (χ0v) is 20.6. The van der Waals surface area contributed by atoms with Gasteiger partial charge in [-0.25, -0.2) is 23.4 Å². The van der Waals surface area contributed by atoms with Gasteiger partial charge in [0.15, 0.2) is 0 Å². The normalized spacial score (nSPS) is 11.5. The van der Waals surface area contributed by atoms with Crippen LogP contribution >= 0.6 is 0 Å². The van der Waals surface area contributed by atoms with Crippen molar-refractivity contribution in [2.75, 3.05) is 6.54 Å². The van der Waals surface area contributed by atoms with Gasteiger partial charge in [-0.1, -0.05) is 60.7 Å². The Morgan fingerprint density at radius 1 is 0.946 bits per heavy atom. The molecule has 0 aliphatic carbocycles. The summed E-state index contributed by atoms with van der Waals surface area (Å²) in [6, 6.07) is 21.9. The summed E-state index contributed by atoms with van der Waals surface area (Å²) in [6.07, 6.45) is 5.12. The van der Waals surface area contributed by atoms with Gasteiger partial charge in [-0.05, 0) is 47.4 Å². The Balaban J connectivity index is 1.53. The molecule has 4 rings (SSSR count). The van der Waals surface area contributed by atoms with Gasteiger partial charge in [0.1, 0.15) is 0 Å². The molecule has 0 aliphatic rings. The zero-order chi connectivity index (χ0) is 26.3. The molecule has 3 amide bonds. The Hall–Kier alpha value is -4.41. The summed E-state index contributed by atoms with van der Waals surface area (Å²) in [4.78, 5) is 29.0. The van der Waals surface area contributed by atoms with Crippen LogP contribution in [0.1, 0.15) is 16.7 Å². The highest BCUT2D eigenvalue weighted by Crippen LogP contribution is 2.19. The predicted molar refractivity (Wildman–Crippen MR) is 140 cm³/mol. The summed E-state index contributed by atoms with van der Waals surface area (Å²) in [6.45, 7) is 0.440. The van der Waals surface area contributed by atoms with Gasteiger partial charge in [0, 0.05) is 36.3 Å². The quantitative estimate of drug-likeness (QED) is 0.152. The first-order valence-electron chi connectivity index (χ1n) is 11.5. The molecule has 0 saturated heterocycles. The molecule has 10 heteroatoms. The van der Waals surface area contributed by atoms with E-state index >= 15 is 0 Å². The topological polar surface area (TPSA) is 132 Å². The maximum absolute atomic E-state index is 13.2. The van der Waals surface area contributed by atoms with E-state index in [0.29, 0.717) is 12.0 Å². The molecule has 0 spiro atoms. The van der Waals surface area contributed by atoms with E-state index in [9.17, 15) is 18.0 Å². The second-order valence-electron chi connectivity index (χ2n) is 8.31. The highest BCUT2D eigenvalue weighted by atomic mass is 32.2. The number of para-hydroxylation sites is 1. The Kier molecular flexibility index (Phi) is 8.02. The smallest absolute Gasteiger partial charge is 0.331 e. The SMILES string of the molecule is O=C(C=Cc1ccc(CN(CCc2c[nH]c3ccccc23)C(=O)NS(=O)(=O)c2ccccc2)cc1)NO. The molecule has 1 heterocycles. The molecule has 0 fully saturated rings. The minimum Gasteiger partial charge on any atom is -0.361 e. The van der Waals surface area contributed by atoms with Crippen molar-refractivity contribution in [3.63, 3.8) is 0 Å². The first-order valence-corrected chi connectivity index (χ1v) is 13.0. The number of sulfonamides is 1. The molecule has 0 atom stereocenters. The summed E-state index contributed by atoms with van der Waals surface area (Å²) in [5.41, 5.74) is 5.01. The third-order valence-electron chi connectivity index (χ3n) is 5.78.